The van der Waals surface area contributed by atoms with Crippen LogP contribution < -0.4 is 0 Å². The zero-order valence-corrected chi connectivity index (χ0v) is 43.4. The fourth-order valence-electron chi connectivity index (χ4n) is 5.02. The largest absolute Gasteiger partial charge is 0.481 e. The van der Waals surface area contributed by atoms with Crippen LogP contribution in [0.5, 0.6) is 0 Å². The molecular weight excluding hydrogens is 1170 g/mol. The maximum absolute atomic E-state index is 12.8. The molecule has 0 aliphatic rings. The molecule has 77 heavy (non-hydrogen) atoms. The van der Waals surface area contributed by atoms with Gasteiger partial charge in [-0.15, -0.1) is 12.6 Å². The van der Waals surface area contributed by atoms with Crippen molar-refractivity contribution in [2.24, 2.45) is 0 Å². The molecule has 26 heteroatoms. The predicted octanol–water partition coefficient (Wildman–Crippen LogP) is 13.0. The highest BCUT2D eigenvalue weighted by Gasteiger charge is 2.19. The van der Waals surface area contributed by atoms with Crippen LogP contribution in [0.1, 0.15) is 51.0 Å². The van der Waals surface area contributed by atoms with Crippen LogP contribution in [0.15, 0.2) is 206 Å². The Hall–Kier alpha value is -6.35. The molecule has 0 saturated heterocycles. The van der Waals surface area contributed by atoms with E-state index in [4.69, 9.17) is 89.3 Å². The SMILES string of the molecule is C.C.C.C.C.CC(=O)O.CC(=O)O.O=S(=O)(O)O.O=S(=O)(O)c1ccc(Cl)cc1.O=S(=O)(c1ccc(Cl)cc1)c1ccc(-c2ccc(S(=O)(=O)c3ccc(Cl)cc3)cc2)cc1.O=S(=O)=O.c1ccc(-c2ccccc2)cc1. The van der Waals surface area contributed by atoms with Crippen molar-refractivity contribution in [3.63, 3.8) is 0 Å². The molecule has 0 radical (unpaired) electrons. The molecule has 0 saturated carbocycles. The van der Waals surface area contributed by atoms with Crippen LogP contribution in [0.25, 0.3) is 22.3 Å². The Balaban J connectivity index is -0.000000318. The quantitative estimate of drug-likeness (QED) is 0.0926. The summed E-state index contributed by atoms with van der Waals surface area (Å²) < 4.78 is 137. The fraction of sp³-hybridized carbons (Fsp3) is 0.137. The first-order valence-electron chi connectivity index (χ1n) is 19.3. The number of halogens is 3. The molecule has 0 aromatic heterocycles. The Kier molecular flexibility index (Phi) is 39.5. The molecule has 0 aliphatic heterocycles. The van der Waals surface area contributed by atoms with Crippen molar-refractivity contribution in [2.75, 3.05) is 0 Å². The zero-order chi connectivity index (χ0) is 54.9. The number of aliphatic carboxylic acids is 2. The third-order valence-corrected chi connectivity index (χ3v) is 13.1. The van der Waals surface area contributed by atoms with Crippen LogP contribution in [-0.4, -0.2) is 82.1 Å². The lowest BCUT2D eigenvalue weighted by Gasteiger charge is -2.08. The van der Waals surface area contributed by atoms with E-state index in [0.717, 1.165) is 25.0 Å². The summed E-state index contributed by atoms with van der Waals surface area (Å²) in [6.45, 7) is 2.17. The second-order valence-electron chi connectivity index (χ2n) is 13.3. The molecule has 0 atom stereocenters. The predicted molar refractivity (Wildman–Crippen MR) is 303 cm³/mol. The molecule has 0 heterocycles. The van der Waals surface area contributed by atoms with E-state index >= 15 is 0 Å². The van der Waals surface area contributed by atoms with Crippen LogP contribution in [0.3, 0.4) is 0 Å². The molecule has 5 N–H and O–H groups in total. The Morgan fingerprint density at radius 2 is 0.506 bits per heavy atom. The molecule has 424 valence electrons. The van der Waals surface area contributed by atoms with E-state index in [1.54, 1.807) is 24.3 Å². The van der Waals surface area contributed by atoms with Crippen molar-refractivity contribution in [2.45, 2.75) is 75.5 Å². The monoisotopic (exact) mass is 1230 g/mol. The first-order valence-corrected chi connectivity index (χ1v) is 27.2. The number of benzene rings is 7. The third-order valence-electron chi connectivity index (χ3n) is 7.90. The lowest BCUT2D eigenvalue weighted by atomic mass is 10.1. The molecule has 0 fully saturated rings. The third kappa shape index (κ3) is 33.4. The van der Waals surface area contributed by atoms with Crippen molar-refractivity contribution in [1.82, 2.24) is 0 Å². The van der Waals surface area contributed by atoms with Crippen molar-refractivity contribution < 1.29 is 79.8 Å². The molecule has 0 bridgehead atoms. The molecule has 7 aromatic carbocycles. The van der Waals surface area contributed by atoms with Crippen molar-refractivity contribution >= 4 is 97.5 Å². The van der Waals surface area contributed by atoms with Gasteiger partial charge in [0.2, 0.25) is 19.7 Å². The maximum atomic E-state index is 12.8. The first kappa shape index (κ1) is 79.5. The Labute approximate surface area is 468 Å². The molecule has 7 aromatic rings. The maximum Gasteiger partial charge on any atom is 0.425 e. The average Bonchev–Trinajstić information content (AvgIpc) is 3.29. The number of hydrogen-bond donors (Lipinski definition) is 5. The summed E-state index contributed by atoms with van der Waals surface area (Å²) in [5.74, 6) is -1.67. The van der Waals surface area contributed by atoms with E-state index in [1.165, 1.54) is 108 Å². The van der Waals surface area contributed by atoms with Gasteiger partial charge in [0, 0.05) is 28.9 Å². The highest BCUT2D eigenvalue weighted by Crippen LogP contribution is 2.29. The summed E-state index contributed by atoms with van der Waals surface area (Å²) in [4.78, 5) is 18.5. The second kappa shape index (κ2) is 38.2. The van der Waals surface area contributed by atoms with Crippen LogP contribution >= 0.6 is 34.8 Å². The summed E-state index contributed by atoms with van der Waals surface area (Å²) in [7, 11) is -19.2. The highest BCUT2D eigenvalue weighted by molar-refractivity contribution is 7.91. The van der Waals surface area contributed by atoms with E-state index in [2.05, 4.69) is 48.5 Å². The number of carboxylic acid groups (broad SMARTS) is 2. The smallest absolute Gasteiger partial charge is 0.425 e. The minimum absolute atomic E-state index is 0. The van der Waals surface area contributed by atoms with Gasteiger partial charge in [-0.2, -0.15) is 16.8 Å². The van der Waals surface area contributed by atoms with E-state index in [-0.39, 0.29) is 61.6 Å². The summed E-state index contributed by atoms with van der Waals surface area (Å²) >= 11 is 17.2. The second-order valence-corrected chi connectivity index (χ2v) is 21.2. The van der Waals surface area contributed by atoms with Crippen molar-refractivity contribution in [1.29, 1.82) is 0 Å². The summed E-state index contributed by atoms with van der Waals surface area (Å²) in [6.07, 6.45) is 0. The van der Waals surface area contributed by atoms with E-state index in [1.807, 2.05) is 12.1 Å². The van der Waals surface area contributed by atoms with Gasteiger partial charge >= 0.3 is 21.0 Å². The van der Waals surface area contributed by atoms with Crippen LogP contribution in [0.2, 0.25) is 15.1 Å². The fourth-order valence-corrected chi connectivity index (χ4v) is 8.40. The van der Waals surface area contributed by atoms with Crippen molar-refractivity contribution in [3.05, 3.63) is 197 Å². The van der Waals surface area contributed by atoms with E-state index in [0.29, 0.717) is 15.1 Å². The van der Waals surface area contributed by atoms with Crippen LogP contribution in [0, 0.1) is 0 Å². The molecule has 18 nitrogen and oxygen atoms in total. The van der Waals surface area contributed by atoms with Gasteiger partial charge in [0.15, 0.2) is 0 Å². The molecule has 0 spiro atoms. The molecular formula is C51H61Cl3O18S5. The zero-order valence-electron chi connectivity index (χ0n) is 37.0. The molecule has 0 unspecified atom stereocenters. The van der Waals surface area contributed by atoms with Gasteiger partial charge < -0.3 is 10.2 Å². The molecule has 0 amide bonds. The first-order chi connectivity index (χ1) is 33.3. The van der Waals surface area contributed by atoms with Gasteiger partial charge in [-0.1, -0.05) is 157 Å². The summed E-state index contributed by atoms with van der Waals surface area (Å²) in [5, 5.41) is 16.2. The Morgan fingerprint density at radius 3 is 0.688 bits per heavy atom. The minimum atomic E-state index is -4.67. The number of rotatable bonds is 7. The Bertz CT molecular complexity index is 3200. The standard InChI is InChI=1S/C24H16Cl2O4S2.C12H10.C6H5ClO3S.2C2H4O2.5CH4.H2O4S.O3S/c25-19-5-13-23(14-6-19)31(27,28)21-9-1-17(2-10-21)18-3-11-22(12-4-18)32(29,30)24-15-7-20(26)8-16-24;1-3-7-11(8-4-1)12-9-5-2-6-10-12;7-5-1-3-6(4-2-5)11(8,9)10;2*1-2(3)4;;;;;;1-5(2,3)4;1-4(2)3/h1-16H;1-10H;1-4H,(H,8,9,10);2*1H3,(H,3,4);5*1H4;(H2,1,2,3,4);. The van der Waals surface area contributed by atoms with Gasteiger partial charge in [0.25, 0.3) is 22.1 Å². The lowest BCUT2D eigenvalue weighted by Crippen LogP contribution is -2.02. The van der Waals surface area contributed by atoms with Gasteiger partial charge in [-0.05, 0) is 119 Å². The number of hydrogen-bond acceptors (Lipinski definition) is 13. The normalized spacial score (nSPS) is 9.82. The lowest BCUT2D eigenvalue weighted by molar-refractivity contribution is -0.135. The van der Waals surface area contributed by atoms with Crippen molar-refractivity contribution in [3.8, 4) is 22.3 Å². The Morgan fingerprint density at radius 1 is 0.351 bits per heavy atom. The molecule has 0 aliphatic carbocycles. The van der Waals surface area contributed by atoms with Crippen LogP contribution in [0.4, 0.5) is 0 Å². The molecule has 7 rings (SSSR count). The number of carboxylic acids is 2. The van der Waals surface area contributed by atoms with Gasteiger partial charge in [0.1, 0.15) is 0 Å². The van der Waals surface area contributed by atoms with Gasteiger partial charge in [-0.3, -0.25) is 23.2 Å². The highest BCUT2D eigenvalue weighted by atomic mass is 35.5. The minimum Gasteiger partial charge on any atom is -0.481 e. The summed E-state index contributed by atoms with van der Waals surface area (Å²) in [5.41, 5.74) is 4.07. The van der Waals surface area contributed by atoms with Gasteiger partial charge in [0.05, 0.1) is 24.5 Å². The average molecular weight is 1230 g/mol. The summed E-state index contributed by atoms with van der Waals surface area (Å²) in [6, 6.07) is 50.9. The topological polar surface area (TPSA) is 323 Å². The number of carbonyl (C=O) groups is 2. The van der Waals surface area contributed by atoms with Crippen LogP contribution in [-0.2, 0) is 60.4 Å². The van der Waals surface area contributed by atoms with E-state index < -0.39 is 62.7 Å². The van der Waals surface area contributed by atoms with Gasteiger partial charge in [-0.25, -0.2) is 16.8 Å². The van der Waals surface area contributed by atoms with E-state index in [9.17, 15) is 25.3 Å². The number of sulfone groups is 2.